The lowest BCUT2D eigenvalue weighted by atomic mass is 9.93. The van der Waals surface area contributed by atoms with Gasteiger partial charge >= 0.3 is 0 Å². The van der Waals surface area contributed by atoms with E-state index < -0.39 is 0 Å². The van der Waals surface area contributed by atoms with Gasteiger partial charge in [0.1, 0.15) is 6.17 Å². The van der Waals surface area contributed by atoms with Gasteiger partial charge < -0.3 is 4.57 Å². The van der Waals surface area contributed by atoms with Crippen molar-refractivity contribution in [2.75, 3.05) is 0 Å². The van der Waals surface area contributed by atoms with E-state index in [-0.39, 0.29) is 0 Å². The molecule has 0 bridgehead atoms. The fraction of sp³-hybridized carbons (Fsp3) is 0.171. The first-order chi connectivity index (χ1) is 22.1. The van der Waals surface area contributed by atoms with Crippen LogP contribution in [0.1, 0.15) is 46.6 Å². The van der Waals surface area contributed by atoms with E-state index in [4.69, 9.17) is 0 Å². The largest absolute Gasteiger partial charge is 0.308 e. The second-order valence-electron chi connectivity index (χ2n) is 12.8. The minimum absolute atomic E-state index is 0.291. The molecule has 7 aromatic rings. The Morgan fingerprint density at radius 2 is 1.38 bits per heavy atom. The van der Waals surface area contributed by atoms with Crippen molar-refractivity contribution in [2.24, 2.45) is 5.92 Å². The highest BCUT2D eigenvalue weighted by Gasteiger charge is 2.45. The maximum atomic E-state index is 2.53. The number of rotatable bonds is 6. The molecule has 4 atom stereocenters. The predicted molar refractivity (Wildman–Crippen MR) is 190 cm³/mol. The molecular formula is C41H35N3S. The third kappa shape index (κ3) is 4.55. The van der Waals surface area contributed by atoms with Crippen LogP contribution in [0.5, 0.6) is 0 Å². The minimum Gasteiger partial charge on any atom is -0.308 e. The molecule has 1 fully saturated rings. The zero-order valence-electron chi connectivity index (χ0n) is 25.7. The van der Waals surface area contributed by atoms with Gasteiger partial charge in [0.15, 0.2) is 0 Å². The molecule has 0 saturated carbocycles. The molecule has 1 aliphatic heterocycles. The van der Waals surface area contributed by atoms with Gasteiger partial charge in [-0.1, -0.05) is 116 Å². The normalized spacial score (nSPS) is 20.7. The van der Waals surface area contributed by atoms with Crippen LogP contribution in [0.3, 0.4) is 0 Å². The summed E-state index contributed by atoms with van der Waals surface area (Å²) in [5, 5.41) is 9.10. The molecular weight excluding hydrogens is 567 g/mol. The summed E-state index contributed by atoms with van der Waals surface area (Å²) in [5.74, 6) is 0.546. The Morgan fingerprint density at radius 3 is 2.16 bits per heavy atom. The first-order valence-electron chi connectivity index (χ1n) is 16.0. The van der Waals surface area contributed by atoms with E-state index in [1.165, 1.54) is 70.3 Å². The van der Waals surface area contributed by atoms with E-state index in [0.717, 1.165) is 19.5 Å². The van der Waals surface area contributed by atoms with Gasteiger partial charge in [-0.2, -0.15) is 0 Å². The number of hydrogen-bond acceptors (Lipinski definition) is 3. The van der Waals surface area contributed by atoms with Crippen LogP contribution in [0.15, 0.2) is 121 Å². The van der Waals surface area contributed by atoms with Crippen LogP contribution < -0.4 is 0 Å². The summed E-state index contributed by atoms with van der Waals surface area (Å²) in [6.07, 6.45) is 6.11. The number of hydrogen-bond donors (Lipinski definition) is 0. The SMILES string of the molecule is Cc1ccc([C@@H]2[N@@](Cc3ccccc3)[N@@]2Cc2ccc(-n3c4c(c5ccc6c7ccccc7sc6c53)CC(C)C=C4)cc2)cc1. The molecule has 1 saturated heterocycles. The van der Waals surface area contributed by atoms with E-state index in [9.17, 15) is 0 Å². The standard InChI is InChI=1S/C41H35N3S/c1-27-12-17-31(18-13-27)41-42(25-29-8-4-3-5-9-29)43(41)26-30-15-19-32(20-16-30)44-37-23-14-28(2)24-36(37)34-21-22-35-33-10-6-7-11-38(33)45-40(35)39(34)44/h3-23,28,41H,24-26H2,1-2H3/t28?,41-,42-,43+/m1/s1. The highest BCUT2D eigenvalue weighted by Crippen LogP contribution is 2.45. The monoisotopic (exact) mass is 601 g/mol. The number of aromatic nitrogens is 1. The molecule has 0 spiro atoms. The van der Waals surface area contributed by atoms with Gasteiger partial charge in [-0.25, -0.2) is 10.0 Å². The van der Waals surface area contributed by atoms with Gasteiger partial charge in [-0.15, -0.1) is 11.3 Å². The van der Waals surface area contributed by atoms with Crippen LogP contribution in [-0.2, 0) is 19.5 Å². The quantitative estimate of drug-likeness (QED) is 0.176. The second kappa shape index (κ2) is 10.6. The van der Waals surface area contributed by atoms with Crippen LogP contribution in [-0.4, -0.2) is 14.6 Å². The molecule has 9 rings (SSSR count). The molecule has 0 amide bonds. The zero-order valence-corrected chi connectivity index (χ0v) is 26.5. The number of benzene rings is 5. The number of aryl methyl sites for hydroxylation is 1. The maximum Gasteiger partial charge on any atom is 0.116 e. The van der Waals surface area contributed by atoms with Crippen molar-refractivity contribution >= 4 is 48.5 Å². The maximum absolute atomic E-state index is 2.53. The molecule has 4 heteroatoms. The predicted octanol–water partition coefficient (Wildman–Crippen LogP) is 10.4. The molecule has 2 aromatic heterocycles. The van der Waals surface area contributed by atoms with Crippen molar-refractivity contribution in [3.8, 4) is 5.69 Å². The van der Waals surface area contributed by atoms with Crippen LogP contribution in [0.2, 0.25) is 0 Å². The third-order valence-electron chi connectivity index (χ3n) is 9.67. The van der Waals surface area contributed by atoms with Gasteiger partial charge in [0.2, 0.25) is 0 Å². The lowest BCUT2D eigenvalue weighted by Crippen LogP contribution is -2.08. The Morgan fingerprint density at radius 1 is 0.689 bits per heavy atom. The van der Waals surface area contributed by atoms with E-state index in [1.807, 2.05) is 11.3 Å². The Hall–Kier alpha value is -4.48. The number of hydrazine groups is 1. The van der Waals surface area contributed by atoms with Gasteiger partial charge in [0, 0.05) is 45.3 Å². The number of nitrogens with zero attached hydrogens (tertiary/aromatic N) is 3. The van der Waals surface area contributed by atoms with Crippen molar-refractivity contribution < 1.29 is 0 Å². The molecule has 2 aliphatic rings. The summed E-state index contributed by atoms with van der Waals surface area (Å²) >= 11 is 1.93. The Kier molecular flexibility index (Phi) is 6.31. The van der Waals surface area contributed by atoms with Crippen LogP contribution >= 0.6 is 11.3 Å². The van der Waals surface area contributed by atoms with Crippen molar-refractivity contribution in [1.29, 1.82) is 0 Å². The third-order valence-corrected chi connectivity index (χ3v) is 10.9. The number of thiophene rings is 1. The van der Waals surface area contributed by atoms with Crippen LogP contribution in [0.4, 0.5) is 0 Å². The Balaban J connectivity index is 1.09. The second-order valence-corrected chi connectivity index (χ2v) is 13.9. The first kappa shape index (κ1) is 26.9. The molecule has 1 aliphatic carbocycles. The number of allylic oxidation sites excluding steroid dienone is 1. The van der Waals surface area contributed by atoms with Gasteiger partial charge in [0.05, 0.1) is 10.2 Å². The lowest BCUT2D eigenvalue weighted by Gasteiger charge is -2.16. The van der Waals surface area contributed by atoms with Crippen LogP contribution in [0, 0.1) is 12.8 Å². The average Bonchev–Trinajstić information content (AvgIpc) is 3.42. The molecule has 0 radical (unpaired) electrons. The smallest absolute Gasteiger partial charge is 0.116 e. The molecule has 1 unspecified atom stereocenters. The van der Waals surface area contributed by atoms with Gasteiger partial charge in [-0.3, -0.25) is 0 Å². The number of fused-ring (bicyclic) bond motifs is 7. The summed E-state index contributed by atoms with van der Waals surface area (Å²) in [6.45, 7) is 6.28. The Bertz CT molecular complexity index is 2220. The van der Waals surface area contributed by atoms with E-state index in [2.05, 4.69) is 156 Å². The highest BCUT2D eigenvalue weighted by molar-refractivity contribution is 7.26. The van der Waals surface area contributed by atoms with Crippen molar-refractivity contribution in [1.82, 2.24) is 14.6 Å². The van der Waals surface area contributed by atoms with Gasteiger partial charge in [0.25, 0.3) is 0 Å². The van der Waals surface area contributed by atoms with Crippen LogP contribution in [0.25, 0.3) is 42.8 Å². The molecule has 3 nitrogen and oxygen atoms in total. The fourth-order valence-corrected chi connectivity index (χ4v) is 8.57. The summed E-state index contributed by atoms with van der Waals surface area (Å²) in [7, 11) is 0. The van der Waals surface area contributed by atoms with E-state index in [1.54, 1.807) is 0 Å². The molecule has 5 aromatic carbocycles. The highest BCUT2D eigenvalue weighted by atomic mass is 32.1. The fourth-order valence-electron chi connectivity index (χ4n) is 7.33. The zero-order chi connectivity index (χ0) is 30.1. The summed E-state index contributed by atoms with van der Waals surface area (Å²) in [4.78, 5) is 0. The van der Waals surface area contributed by atoms with Crippen molar-refractivity contribution in [2.45, 2.75) is 39.5 Å². The summed E-state index contributed by atoms with van der Waals surface area (Å²) in [5.41, 5.74) is 10.7. The average molecular weight is 602 g/mol. The molecule has 3 heterocycles. The Labute approximate surface area is 268 Å². The molecule has 220 valence electrons. The minimum atomic E-state index is 0.291. The summed E-state index contributed by atoms with van der Waals surface area (Å²) < 4.78 is 5.27. The molecule has 45 heavy (non-hydrogen) atoms. The molecule has 0 N–H and O–H groups in total. The topological polar surface area (TPSA) is 10.9 Å². The van der Waals surface area contributed by atoms with E-state index in [0.29, 0.717) is 12.1 Å². The van der Waals surface area contributed by atoms with Gasteiger partial charge in [-0.05, 0) is 65.8 Å². The summed E-state index contributed by atoms with van der Waals surface area (Å²) in [6, 6.07) is 42.7. The lowest BCUT2D eigenvalue weighted by molar-refractivity contribution is 0.293. The van der Waals surface area contributed by atoms with E-state index >= 15 is 0 Å². The van der Waals surface area contributed by atoms with Crippen molar-refractivity contribution in [3.05, 3.63) is 155 Å². The first-order valence-corrected chi connectivity index (χ1v) is 16.8. The van der Waals surface area contributed by atoms with Crippen molar-refractivity contribution in [3.63, 3.8) is 0 Å².